The Labute approximate surface area is 166 Å². The molecule has 6 N–H and O–H groups in total. The molecule has 1 aliphatic rings. The van der Waals surface area contributed by atoms with Gasteiger partial charge in [-0.3, -0.25) is 9.59 Å². The number of hydrogen-bond acceptors (Lipinski definition) is 5. The SMILES string of the molecule is Cc1[nH]c(/C=C2\C(=O)Nc3ccc(F)cc32)c(C)c1C(=O)NCCCC(O)NO. The maximum Gasteiger partial charge on any atom is 0.256 e. The van der Waals surface area contributed by atoms with Gasteiger partial charge in [0, 0.05) is 29.2 Å². The number of carbonyl (C=O) groups excluding carboxylic acids is 2. The Morgan fingerprint density at radius 2 is 2.10 bits per heavy atom. The van der Waals surface area contributed by atoms with Crippen molar-refractivity contribution in [3.05, 3.63) is 52.1 Å². The van der Waals surface area contributed by atoms with Crippen LogP contribution in [0.3, 0.4) is 0 Å². The van der Waals surface area contributed by atoms with Crippen molar-refractivity contribution in [2.75, 3.05) is 11.9 Å². The second kappa shape index (κ2) is 8.56. The van der Waals surface area contributed by atoms with Crippen LogP contribution in [0.15, 0.2) is 18.2 Å². The van der Waals surface area contributed by atoms with Crippen LogP contribution >= 0.6 is 0 Å². The van der Waals surface area contributed by atoms with Gasteiger partial charge in [-0.2, -0.15) is 5.48 Å². The second-order valence-corrected chi connectivity index (χ2v) is 6.91. The fourth-order valence-corrected chi connectivity index (χ4v) is 3.36. The Morgan fingerprint density at radius 1 is 1.34 bits per heavy atom. The Bertz CT molecular complexity index is 983. The van der Waals surface area contributed by atoms with Crippen molar-refractivity contribution in [1.29, 1.82) is 0 Å². The number of aromatic nitrogens is 1. The van der Waals surface area contributed by atoms with Crippen LogP contribution in [0.5, 0.6) is 0 Å². The average Bonchev–Trinajstić information content (AvgIpc) is 3.14. The molecule has 2 aromatic rings. The first kappa shape index (κ1) is 20.7. The molecule has 1 aliphatic heterocycles. The molecule has 0 spiro atoms. The number of hydroxylamine groups is 1. The van der Waals surface area contributed by atoms with E-state index in [2.05, 4.69) is 15.6 Å². The van der Waals surface area contributed by atoms with E-state index in [4.69, 9.17) is 5.21 Å². The Hall–Kier alpha value is -3.01. The second-order valence-electron chi connectivity index (χ2n) is 6.91. The first-order valence-electron chi connectivity index (χ1n) is 9.19. The molecule has 0 saturated carbocycles. The van der Waals surface area contributed by atoms with Crippen molar-refractivity contribution in [3.8, 4) is 0 Å². The number of amides is 2. The minimum absolute atomic E-state index is 0.282. The predicted octanol–water partition coefficient (Wildman–Crippen LogP) is 2.07. The van der Waals surface area contributed by atoms with E-state index in [-0.39, 0.29) is 18.2 Å². The van der Waals surface area contributed by atoms with E-state index in [0.29, 0.717) is 52.3 Å². The number of fused-ring (bicyclic) bond motifs is 1. The number of halogens is 1. The van der Waals surface area contributed by atoms with E-state index in [1.54, 1.807) is 25.4 Å². The van der Waals surface area contributed by atoms with Gasteiger partial charge in [0.05, 0.1) is 11.1 Å². The van der Waals surface area contributed by atoms with Crippen LogP contribution < -0.4 is 16.1 Å². The lowest BCUT2D eigenvalue weighted by atomic mass is 10.0. The minimum Gasteiger partial charge on any atom is -0.377 e. The van der Waals surface area contributed by atoms with Gasteiger partial charge in [-0.1, -0.05) is 0 Å². The molecule has 0 saturated heterocycles. The first-order valence-corrected chi connectivity index (χ1v) is 9.19. The van der Waals surface area contributed by atoms with Crippen LogP contribution in [0.1, 0.15) is 45.7 Å². The van der Waals surface area contributed by atoms with Crippen LogP contribution in [0.2, 0.25) is 0 Å². The fraction of sp³-hybridized carbons (Fsp3) is 0.300. The summed E-state index contributed by atoms with van der Waals surface area (Å²) in [5.41, 5.74) is 5.44. The summed E-state index contributed by atoms with van der Waals surface area (Å²) in [5, 5.41) is 23.3. The van der Waals surface area contributed by atoms with E-state index < -0.39 is 12.0 Å². The maximum absolute atomic E-state index is 13.6. The number of aromatic amines is 1. The minimum atomic E-state index is -1.04. The zero-order chi connectivity index (χ0) is 21.1. The number of benzene rings is 1. The number of carbonyl (C=O) groups is 2. The molecule has 2 amide bonds. The molecule has 0 fully saturated rings. The highest BCUT2D eigenvalue weighted by atomic mass is 19.1. The van der Waals surface area contributed by atoms with Crippen LogP contribution in [0.4, 0.5) is 10.1 Å². The third kappa shape index (κ3) is 4.37. The van der Waals surface area contributed by atoms with Crippen molar-refractivity contribution < 1.29 is 24.3 Å². The number of hydrogen-bond donors (Lipinski definition) is 6. The molecular formula is C20H23FN4O4. The highest BCUT2D eigenvalue weighted by Gasteiger charge is 2.26. The number of nitrogens with one attached hydrogen (secondary N) is 4. The van der Waals surface area contributed by atoms with E-state index in [1.165, 1.54) is 18.2 Å². The van der Waals surface area contributed by atoms with Crippen molar-refractivity contribution in [2.45, 2.75) is 32.9 Å². The molecule has 1 aromatic carbocycles. The topological polar surface area (TPSA) is 126 Å². The van der Waals surface area contributed by atoms with Crippen LogP contribution in [0, 0.1) is 19.7 Å². The Balaban J connectivity index is 1.80. The summed E-state index contributed by atoms with van der Waals surface area (Å²) in [5.74, 6) is -1.05. The third-order valence-electron chi connectivity index (χ3n) is 4.85. The average molecular weight is 402 g/mol. The molecule has 154 valence electrons. The van der Waals surface area contributed by atoms with Gasteiger partial charge in [-0.25, -0.2) is 4.39 Å². The predicted molar refractivity (Wildman–Crippen MR) is 106 cm³/mol. The summed E-state index contributed by atoms with van der Waals surface area (Å²) >= 11 is 0. The fourth-order valence-electron chi connectivity index (χ4n) is 3.36. The molecule has 2 heterocycles. The van der Waals surface area contributed by atoms with E-state index in [1.807, 2.05) is 0 Å². The number of aliphatic hydroxyl groups excluding tert-OH is 1. The zero-order valence-corrected chi connectivity index (χ0v) is 16.1. The van der Waals surface area contributed by atoms with Gasteiger partial charge in [0.25, 0.3) is 11.8 Å². The lowest BCUT2D eigenvalue weighted by molar-refractivity contribution is -0.110. The van der Waals surface area contributed by atoms with Gasteiger partial charge in [-0.15, -0.1) is 0 Å². The third-order valence-corrected chi connectivity index (χ3v) is 4.85. The number of rotatable bonds is 7. The summed E-state index contributed by atoms with van der Waals surface area (Å²) in [6, 6.07) is 4.09. The van der Waals surface area contributed by atoms with E-state index in [9.17, 15) is 19.1 Å². The quantitative estimate of drug-likeness (QED) is 0.183. The van der Waals surface area contributed by atoms with Gasteiger partial charge < -0.3 is 25.9 Å². The van der Waals surface area contributed by atoms with Crippen LogP contribution in [0.25, 0.3) is 11.6 Å². The molecule has 1 aromatic heterocycles. The number of aryl methyl sites for hydroxylation is 1. The molecule has 29 heavy (non-hydrogen) atoms. The smallest absolute Gasteiger partial charge is 0.256 e. The van der Waals surface area contributed by atoms with Gasteiger partial charge in [0.1, 0.15) is 12.0 Å². The Kier molecular flexibility index (Phi) is 6.12. The summed E-state index contributed by atoms with van der Waals surface area (Å²) in [7, 11) is 0. The van der Waals surface area contributed by atoms with Crippen molar-refractivity contribution in [3.63, 3.8) is 0 Å². The molecule has 0 aliphatic carbocycles. The van der Waals surface area contributed by atoms with Crippen LogP contribution in [-0.4, -0.2) is 39.9 Å². The summed E-state index contributed by atoms with van der Waals surface area (Å²) in [6.45, 7) is 3.85. The number of anilines is 1. The Morgan fingerprint density at radius 3 is 2.83 bits per heavy atom. The molecule has 0 radical (unpaired) electrons. The number of H-pyrrole nitrogens is 1. The van der Waals surface area contributed by atoms with E-state index >= 15 is 0 Å². The summed E-state index contributed by atoms with van der Waals surface area (Å²) in [6.07, 6.45) is 1.33. The standard InChI is InChI=1S/C20H23FN4O4/c1-10-16(9-14-13-8-12(21)5-6-15(13)24-19(14)27)23-11(2)18(10)20(28)22-7-3-4-17(26)25-29/h5-6,8-9,17,23,25-26,29H,3-4,7H2,1-2H3,(H,22,28)(H,24,27)/b14-9-. The highest BCUT2D eigenvalue weighted by molar-refractivity contribution is 6.34. The van der Waals surface area contributed by atoms with E-state index in [0.717, 1.165) is 0 Å². The molecule has 9 heteroatoms. The maximum atomic E-state index is 13.6. The first-order chi connectivity index (χ1) is 13.8. The van der Waals surface area contributed by atoms with Gasteiger partial charge >= 0.3 is 0 Å². The van der Waals surface area contributed by atoms with Crippen molar-refractivity contribution in [1.82, 2.24) is 15.8 Å². The lowest BCUT2D eigenvalue weighted by Gasteiger charge is -2.09. The van der Waals surface area contributed by atoms with Crippen molar-refractivity contribution >= 4 is 29.2 Å². The van der Waals surface area contributed by atoms with Gasteiger partial charge in [0.15, 0.2) is 0 Å². The number of aliphatic hydroxyl groups is 1. The zero-order valence-electron chi connectivity index (χ0n) is 16.1. The van der Waals surface area contributed by atoms with Crippen LogP contribution in [-0.2, 0) is 4.79 Å². The summed E-state index contributed by atoms with van der Waals surface area (Å²) in [4.78, 5) is 28.0. The molecular weight excluding hydrogens is 379 g/mol. The molecule has 8 nitrogen and oxygen atoms in total. The summed E-state index contributed by atoms with van der Waals surface area (Å²) < 4.78 is 13.6. The molecule has 1 unspecified atom stereocenters. The monoisotopic (exact) mass is 402 g/mol. The normalized spacial score (nSPS) is 15.3. The molecule has 1 atom stereocenters. The van der Waals surface area contributed by atoms with Gasteiger partial charge in [0.2, 0.25) is 0 Å². The van der Waals surface area contributed by atoms with Gasteiger partial charge in [-0.05, 0) is 56.5 Å². The highest BCUT2D eigenvalue weighted by Crippen LogP contribution is 2.34. The van der Waals surface area contributed by atoms with Crippen molar-refractivity contribution in [2.24, 2.45) is 0 Å². The largest absolute Gasteiger partial charge is 0.377 e. The lowest BCUT2D eigenvalue weighted by Crippen LogP contribution is -2.29. The molecule has 0 bridgehead atoms. The molecule has 3 rings (SSSR count).